The third-order valence-electron chi connectivity index (χ3n) is 4.50. The van der Waals surface area contributed by atoms with Gasteiger partial charge in [0.1, 0.15) is 5.82 Å². The van der Waals surface area contributed by atoms with E-state index in [9.17, 15) is 14.3 Å². The third kappa shape index (κ3) is 3.53. The van der Waals surface area contributed by atoms with E-state index in [1.165, 1.54) is 25.3 Å². The molecule has 0 aromatic heterocycles. The van der Waals surface area contributed by atoms with Crippen molar-refractivity contribution >= 4 is 19.2 Å². The minimum absolute atomic E-state index is 0.119. The van der Waals surface area contributed by atoms with Crippen molar-refractivity contribution in [2.75, 3.05) is 13.7 Å². The second kappa shape index (κ2) is 6.66. The van der Waals surface area contributed by atoms with Crippen LogP contribution in [0.1, 0.15) is 43.6 Å². The first-order valence-corrected chi connectivity index (χ1v) is 7.66. The number of aliphatic hydroxyl groups is 1. The summed E-state index contributed by atoms with van der Waals surface area (Å²) in [6.45, 7) is 7.25. The molecule has 1 aromatic rings. The molecule has 5 nitrogen and oxygen atoms in total. The predicted molar refractivity (Wildman–Crippen MR) is 88.9 cm³/mol. The van der Waals surface area contributed by atoms with Crippen LogP contribution in [0.2, 0.25) is 0 Å². The molecule has 24 heavy (non-hydrogen) atoms. The van der Waals surface area contributed by atoms with Crippen molar-refractivity contribution < 1.29 is 28.3 Å². The van der Waals surface area contributed by atoms with Gasteiger partial charge < -0.3 is 19.2 Å². The van der Waals surface area contributed by atoms with Gasteiger partial charge in [0.25, 0.3) is 0 Å². The zero-order valence-corrected chi connectivity index (χ0v) is 14.6. The average Bonchev–Trinajstić information content (AvgIpc) is 2.73. The number of rotatable bonds is 4. The molecule has 2 rings (SSSR count). The van der Waals surface area contributed by atoms with Crippen LogP contribution < -0.4 is 0 Å². The Labute approximate surface area is 141 Å². The quantitative estimate of drug-likeness (QED) is 0.676. The molecule has 0 radical (unpaired) electrons. The fourth-order valence-corrected chi connectivity index (χ4v) is 2.27. The van der Waals surface area contributed by atoms with Gasteiger partial charge in [-0.15, -0.1) is 0 Å². The summed E-state index contributed by atoms with van der Waals surface area (Å²) in [4.78, 5) is 11.4. The number of methoxy groups -OCH3 is 1. The fourth-order valence-electron chi connectivity index (χ4n) is 2.27. The molecule has 0 unspecified atom stereocenters. The van der Waals surface area contributed by atoms with E-state index in [4.69, 9.17) is 9.31 Å². The van der Waals surface area contributed by atoms with Crippen molar-refractivity contribution in [3.8, 4) is 0 Å². The van der Waals surface area contributed by atoms with Gasteiger partial charge >= 0.3 is 13.1 Å². The monoisotopic (exact) mass is 336 g/mol. The van der Waals surface area contributed by atoms with Crippen molar-refractivity contribution in [2.45, 2.75) is 38.9 Å². The molecule has 0 bridgehead atoms. The van der Waals surface area contributed by atoms with Gasteiger partial charge in [-0.1, -0.05) is 12.1 Å². The number of ether oxygens (including phenoxy) is 1. The zero-order chi connectivity index (χ0) is 18.1. The number of carbonyl (C=O) groups excluding carboxylic acids is 1. The minimum atomic E-state index is -0.764. The second-order valence-corrected chi connectivity index (χ2v) is 6.69. The van der Waals surface area contributed by atoms with E-state index in [-0.39, 0.29) is 17.7 Å². The highest BCUT2D eigenvalue weighted by atomic mass is 19.1. The van der Waals surface area contributed by atoms with Crippen LogP contribution >= 0.6 is 0 Å². The zero-order valence-electron chi connectivity index (χ0n) is 14.6. The average molecular weight is 336 g/mol. The largest absolute Gasteiger partial charge is 0.492 e. The number of esters is 1. The molecule has 1 heterocycles. The molecule has 0 saturated carbocycles. The molecule has 130 valence electrons. The molecule has 1 saturated heterocycles. The molecule has 1 aliphatic heterocycles. The van der Waals surface area contributed by atoms with Crippen LogP contribution in [-0.2, 0) is 14.0 Å². The summed E-state index contributed by atoms with van der Waals surface area (Å²) in [6.07, 6.45) is 1.47. The van der Waals surface area contributed by atoms with Crippen molar-refractivity contribution in [2.24, 2.45) is 0 Å². The Bertz CT molecular complexity index is 653. The van der Waals surface area contributed by atoms with Gasteiger partial charge in [-0.2, -0.15) is 0 Å². The van der Waals surface area contributed by atoms with Gasteiger partial charge in [0, 0.05) is 5.56 Å². The normalized spacial score (nSPS) is 19.5. The van der Waals surface area contributed by atoms with Crippen molar-refractivity contribution in [3.05, 3.63) is 40.6 Å². The summed E-state index contributed by atoms with van der Waals surface area (Å²) >= 11 is 0. The summed E-state index contributed by atoms with van der Waals surface area (Å²) in [7, 11) is 0.468. The Morgan fingerprint density at radius 1 is 1.29 bits per heavy atom. The standard InChI is InChI=1S/C17H22BFO5/c1-16(2)17(3,4)24-18(23-16)13(10-20)8-11-6-7-12(9-14(11)19)15(21)22-5/h6-9,20H,10H2,1-5H3. The van der Waals surface area contributed by atoms with E-state index in [0.29, 0.717) is 5.47 Å². The molecule has 1 aromatic carbocycles. The van der Waals surface area contributed by atoms with Gasteiger partial charge in [-0.05, 0) is 45.3 Å². The highest BCUT2D eigenvalue weighted by Gasteiger charge is 2.52. The Kier molecular flexibility index (Phi) is 5.18. The molecule has 1 aliphatic rings. The van der Waals surface area contributed by atoms with Gasteiger partial charge in [-0.3, -0.25) is 0 Å². The van der Waals surface area contributed by atoms with E-state index in [2.05, 4.69) is 4.74 Å². The highest BCUT2D eigenvalue weighted by Crippen LogP contribution is 2.38. The molecular weight excluding hydrogens is 314 g/mol. The Morgan fingerprint density at radius 2 is 1.88 bits per heavy atom. The number of hydrogen-bond acceptors (Lipinski definition) is 5. The lowest BCUT2D eigenvalue weighted by atomic mass is 9.77. The van der Waals surface area contributed by atoms with Crippen LogP contribution in [0.4, 0.5) is 4.39 Å². The Balaban J connectivity index is 2.30. The van der Waals surface area contributed by atoms with E-state index in [1.54, 1.807) is 0 Å². The van der Waals surface area contributed by atoms with E-state index < -0.39 is 30.1 Å². The van der Waals surface area contributed by atoms with Gasteiger partial charge in [0.2, 0.25) is 0 Å². The maximum absolute atomic E-state index is 14.2. The van der Waals surface area contributed by atoms with Crippen LogP contribution in [0.15, 0.2) is 23.7 Å². The van der Waals surface area contributed by atoms with Crippen LogP contribution in [0, 0.1) is 5.82 Å². The van der Waals surface area contributed by atoms with Crippen molar-refractivity contribution in [3.63, 3.8) is 0 Å². The number of benzene rings is 1. The van der Waals surface area contributed by atoms with Crippen molar-refractivity contribution in [1.82, 2.24) is 0 Å². The summed E-state index contributed by atoms with van der Waals surface area (Å²) in [5.41, 5.74) is -0.369. The maximum atomic E-state index is 14.2. The van der Waals surface area contributed by atoms with Crippen LogP contribution in [0.5, 0.6) is 0 Å². The Hall–Kier alpha value is -1.70. The lowest BCUT2D eigenvalue weighted by Gasteiger charge is -2.32. The van der Waals surface area contributed by atoms with Crippen LogP contribution in [-0.4, -0.2) is 43.1 Å². The minimum Gasteiger partial charge on any atom is -0.465 e. The maximum Gasteiger partial charge on any atom is 0.492 e. The SMILES string of the molecule is COC(=O)c1ccc(C=C(CO)B2OC(C)(C)C(C)(C)O2)c(F)c1. The predicted octanol–water partition coefficient (Wildman–Crippen LogP) is 2.62. The lowest BCUT2D eigenvalue weighted by Crippen LogP contribution is -2.41. The number of halogens is 1. The van der Waals surface area contributed by atoms with Gasteiger partial charge in [-0.25, -0.2) is 9.18 Å². The third-order valence-corrected chi connectivity index (χ3v) is 4.50. The molecule has 0 atom stereocenters. The molecule has 0 aliphatic carbocycles. The summed E-state index contributed by atoms with van der Waals surface area (Å²) in [5.74, 6) is -1.21. The number of aliphatic hydroxyl groups excluding tert-OH is 1. The fraction of sp³-hybridized carbons (Fsp3) is 0.471. The summed E-state index contributed by atoms with van der Waals surface area (Å²) in [5, 5.41) is 9.64. The first-order chi connectivity index (χ1) is 11.1. The lowest BCUT2D eigenvalue weighted by molar-refractivity contribution is 0.00578. The smallest absolute Gasteiger partial charge is 0.465 e. The topological polar surface area (TPSA) is 65.0 Å². The van der Waals surface area contributed by atoms with Crippen molar-refractivity contribution in [1.29, 1.82) is 0 Å². The summed E-state index contributed by atoms with van der Waals surface area (Å²) < 4.78 is 30.5. The van der Waals surface area contributed by atoms with Gasteiger partial charge in [0.15, 0.2) is 0 Å². The van der Waals surface area contributed by atoms with Crippen LogP contribution in [0.3, 0.4) is 0 Å². The van der Waals surface area contributed by atoms with E-state index >= 15 is 0 Å². The van der Waals surface area contributed by atoms with Gasteiger partial charge in [0.05, 0.1) is 30.5 Å². The molecule has 7 heteroatoms. The molecular formula is C17H22BFO5. The molecule has 0 spiro atoms. The highest BCUT2D eigenvalue weighted by molar-refractivity contribution is 6.55. The number of carbonyl (C=O) groups is 1. The summed E-state index contributed by atoms with van der Waals surface area (Å²) in [6, 6.07) is 4.00. The first-order valence-electron chi connectivity index (χ1n) is 7.66. The molecule has 1 N–H and O–H groups in total. The Morgan fingerprint density at radius 3 is 2.33 bits per heavy atom. The van der Waals surface area contributed by atoms with Crippen LogP contribution in [0.25, 0.3) is 6.08 Å². The second-order valence-electron chi connectivity index (χ2n) is 6.69. The number of hydrogen-bond donors (Lipinski definition) is 1. The molecule has 0 amide bonds. The van der Waals surface area contributed by atoms with E-state index in [0.717, 1.165) is 6.07 Å². The van der Waals surface area contributed by atoms with E-state index in [1.807, 2.05) is 27.7 Å². The molecule has 1 fully saturated rings. The first kappa shape index (κ1) is 18.6.